The molecule has 1 amide bonds. The van der Waals surface area contributed by atoms with Gasteiger partial charge in [0.25, 0.3) is 0 Å². The fourth-order valence-electron chi connectivity index (χ4n) is 0.634. The van der Waals surface area contributed by atoms with E-state index in [4.69, 9.17) is 0 Å². The van der Waals surface area contributed by atoms with E-state index >= 15 is 0 Å². The minimum Gasteiger partial charge on any atom is -0.324 e. The average molecular weight is 152 g/mol. The van der Waals surface area contributed by atoms with Gasteiger partial charge in [0.2, 0.25) is 0 Å². The van der Waals surface area contributed by atoms with Gasteiger partial charge in [-0.25, -0.2) is 0 Å². The standard InChI is InChI=1S/C9H14NO/c1-2-3-4-5-6-7-8-10-9-11/h5-8H,2-4H2,1H3,(H,10,11)/b6-5+,8-7+. The molecular formula is C9H14NO. The predicted molar refractivity (Wildman–Crippen MR) is 46.6 cm³/mol. The van der Waals surface area contributed by atoms with Crippen LogP contribution in [0.3, 0.4) is 0 Å². The van der Waals surface area contributed by atoms with E-state index in [-0.39, 0.29) is 0 Å². The molecule has 0 aromatic carbocycles. The number of carbonyl (C=O) groups excluding carboxylic acids is 1. The van der Waals surface area contributed by atoms with Crippen molar-refractivity contribution in [3.63, 3.8) is 0 Å². The van der Waals surface area contributed by atoms with Crippen molar-refractivity contribution < 1.29 is 4.79 Å². The number of hydrogen-bond donors (Lipinski definition) is 1. The maximum absolute atomic E-state index is 9.63. The molecule has 0 rings (SSSR count). The maximum atomic E-state index is 9.63. The molecule has 1 radical (unpaired) electrons. The smallest absolute Gasteiger partial charge is 0.313 e. The Balaban J connectivity index is 3.21. The first kappa shape index (κ1) is 9.95. The van der Waals surface area contributed by atoms with Crippen LogP contribution in [0.2, 0.25) is 0 Å². The Morgan fingerprint density at radius 3 is 2.91 bits per heavy atom. The van der Waals surface area contributed by atoms with E-state index in [9.17, 15) is 4.79 Å². The van der Waals surface area contributed by atoms with Crippen molar-refractivity contribution in [3.8, 4) is 0 Å². The van der Waals surface area contributed by atoms with Crippen molar-refractivity contribution in [2.75, 3.05) is 0 Å². The number of amides is 1. The number of allylic oxidation sites excluding steroid dienone is 3. The van der Waals surface area contributed by atoms with Gasteiger partial charge in [0.05, 0.1) is 0 Å². The molecule has 2 nitrogen and oxygen atoms in total. The molecule has 1 N–H and O–H groups in total. The molecule has 0 heterocycles. The average Bonchev–Trinajstić information content (AvgIpc) is 2.03. The van der Waals surface area contributed by atoms with Crippen LogP contribution >= 0.6 is 0 Å². The molecule has 0 aliphatic rings. The molecule has 0 unspecified atom stereocenters. The van der Waals surface area contributed by atoms with Gasteiger partial charge in [-0.05, 0) is 12.5 Å². The van der Waals surface area contributed by atoms with E-state index in [0.717, 1.165) is 6.42 Å². The number of rotatable bonds is 6. The second kappa shape index (κ2) is 8.95. The van der Waals surface area contributed by atoms with Gasteiger partial charge in [-0.15, -0.1) is 0 Å². The Hall–Kier alpha value is -1.05. The second-order valence-corrected chi connectivity index (χ2v) is 2.18. The summed E-state index contributed by atoms with van der Waals surface area (Å²) in [6.45, 7) is 2.16. The molecule has 61 valence electrons. The Morgan fingerprint density at radius 2 is 2.27 bits per heavy atom. The van der Waals surface area contributed by atoms with Crippen LogP contribution in [0.5, 0.6) is 0 Å². The molecule has 0 saturated heterocycles. The first-order valence-electron chi connectivity index (χ1n) is 3.86. The van der Waals surface area contributed by atoms with Crippen molar-refractivity contribution in [3.05, 3.63) is 24.4 Å². The quantitative estimate of drug-likeness (QED) is 0.351. The first-order valence-corrected chi connectivity index (χ1v) is 3.86. The van der Waals surface area contributed by atoms with Gasteiger partial charge >= 0.3 is 6.41 Å². The minimum absolute atomic E-state index is 1.10. The zero-order valence-corrected chi connectivity index (χ0v) is 6.84. The highest BCUT2D eigenvalue weighted by atomic mass is 16.1. The molecule has 0 bridgehead atoms. The Morgan fingerprint density at radius 1 is 1.45 bits per heavy atom. The Labute approximate surface area is 68.0 Å². The molecule has 0 aromatic heterocycles. The van der Waals surface area contributed by atoms with Crippen molar-refractivity contribution in [2.24, 2.45) is 0 Å². The number of nitrogens with one attached hydrogen (secondary N) is 1. The second-order valence-electron chi connectivity index (χ2n) is 2.18. The van der Waals surface area contributed by atoms with Gasteiger partial charge < -0.3 is 5.32 Å². The highest BCUT2D eigenvalue weighted by Gasteiger charge is 1.74. The molecule has 0 fully saturated rings. The SMILES string of the molecule is CCCC/C=C/C=C/N[C]=O. The minimum atomic E-state index is 1.10. The molecule has 0 saturated carbocycles. The normalized spacial score (nSPS) is 11.0. The lowest BCUT2D eigenvalue weighted by atomic mass is 10.2. The van der Waals surface area contributed by atoms with E-state index in [1.54, 1.807) is 18.7 Å². The third-order valence-corrected chi connectivity index (χ3v) is 1.21. The zero-order chi connectivity index (χ0) is 8.36. The Bertz CT molecular complexity index is 138. The molecule has 2 heteroatoms. The highest BCUT2D eigenvalue weighted by Crippen LogP contribution is 1.94. The maximum Gasteiger partial charge on any atom is 0.313 e. The van der Waals surface area contributed by atoms with Crippen LogP contribution in [-0.2, 0) is 4.79 Å². The predicted octanol–water partition coefficient (Wildman–Crippen LogP) is 1.90. The third-order valence-electron chi connectivity index (χ3n) is 1.21. The van der Waals surface area contributed by atoms with Crippen LogP contribution < -0.4 is 5.32 Å². The molecule has 0 aliphatic carbocycles. The van der Waals surface area contributed by atoms with Crippen LogP contribution in [0, 0.1) is 0 Å². The van der Waals surface area contributed by atoms with Gasteiger partial charge in [-0.1, -0.05) is 31.9 Å². The van der Waals surface area contributed by atoms with E-state index in [2.05, 4.69) is 18.3 Å². The molecule has 0 atom stereocenters. The van der Waals surface area contributed by atoms with Gasteiger partial charge in [0.1, 0.15) is 0 Å². The fraction of sp³-hybridized carbons (Fsp3) is 0.444. The van der Waals surface area contributed by atoms with Crippen LogP contribution in [0.4, 0.5) is 0 Å². The van der Waals surface area contributed by atoms with Gasteiger partial charge in [-0.3, -0.25) is 4.79 Å². The zero-order valence-electron chi connectivity index (χ0n) is 6.84. The van der Waals surface area contributed by atoms with Gasteiger partial charge in [0.15, 0.2) is 0 Å². The Kier molecular flexibility index (Phi) is 8.10. The van der Waals surface area contributed by atoms with Crippen molar-refractivity contribution in [1.82, 2.24) is 5.32 Å². The van der Waals surface area contributed by atoms with Crippen molar-refractivity contribution in [1.29, 1.82) is 0 Å². The highest BCUT2D eigenvalue weighted by molar-refractivity contribution is 5.48. The summed E-state index contributed by atoms with van der Waals surface area (Å²) in [6, 6.07) is 0. The van der Waals surface area contributed by atoms with E-state index in [1.807, 2.05) is 6.08 Å². The molecule has 0 spiro atoms. The summed E-state index contributed by atoms with van der Waals surface area (Å²) in [5.74, 6) is 0. The summed E-state index contributed by atoms with van der Waals surface area (Å²) in [5, 5.41) is 2.30. The largest absolute Gasteiger partial charge is 0.324 e. The first-order chi connectivity index (χ1) is 5.41. The van der Waals surface area contributed by atoms with E-state index in [0.29, 0.717) is 0 Å². The van der Waals surface area contributed by atoms with Crippen LogP contribution in [0.25, 0.3) is 0 Å². The number of unbranched alkanes of at least 4 members (excludes halogenated alkanes) is 2. The monoisotopic (exact) mass is 152 g/mol. The molecule has 11 heavy (non-hydrogen) atoms. The summed E-state index contributed by atoms with van der Waals surface area (Å²) in [6.07, 6.45) is 12.4. The van der Waals surface area contributed by atoms with E-state index < -0.39 is 0 Å². The lowest BCUT2D eigenvalue weighted by Crippen LogP contribution is -1.97. The summed E-state index contributed by atoms with van der Waals surface area (Å²) >= 11 is 0. The van der Waals surface area contributed by atoms with Crippen molar-refractivity contribution in [2.45, 2.75) is 26.2 Å². The van der Waals surface area contributed by atoms with E-state index in [1.165, 1.54) is 12.8 Å². The molecule has 0 aromatic rings. The third kappa shape index (κ3) is 8.95. The van der Waals surface area contributed by atoms with Gasteiger partial charge in [0, 0.05) is 6.20 Å². The topological polar surface area (TPSA) is 29.1 Å². The fourth-order valence-corrected chi connectivity index (χ4v) is 0.634. The summed E-state index contributed by atoms with van der Waals surface area (Å²) in [4.78, 5) is 9.63. The van der Waals surface area contributed by atoms with Gasteiger partial charge in [-0.2, -0.15) is 0 Å². The van der Waals surface area contributed by atoms with Crippen LogP contribution in [0.1, 0.15) is 26.2 Å². The summed E-state index contributed by atoms with van der Waals surface area (Å²) in [7, 11) is 0. The summed E-state index contributed by atoms with van der Waals surface area (Å²) in [5.41, 5.74) is 0. The molecular weight excluding hydrogens is 138 g/mol. The summed E-state index contributed by atoms with van der Waals surface area (Å²) < 4.78 is 0. The van der Waals surface area contributed by atoms with Crippen LogP contribution in [0.15, 0.2) is 24.4 Å². The van der Waals surface area contributed by atoms with Crippen molar-refractivity contribution >= 4 is 6.41 Å². The lowest BCUT2D eigenvalue weighted by Gasteiger charge is -1.85. The number of hydrogen-bond acceptors (Lipinski definition) is 1. The molecule has 0 aliphatic heterocycles. The van der Waals surface area contributed by atoms with Crippen LogP contribution in [-0.4, -0.2) is 6.41 Å². The lowest BCUT2D eigenvalue weighted by molar-refractivity contribution is 0.550.